The van der Waals surface area contributed by atoms with Gasteiger partial charge in [-0.1, -0.05) is 24.3 Å². The van der Waals surface area contributed by atoms with E-state index in [9.17, 15) is 4.39 Å². The fourth-order valence-corrected chi connectivity index (χ4v) is 2.82. The number of rotatable bonds is 7. The Morgan fingerprint density at radius 3 is 2.40 bits per heavy atom. The average Bonchev–Trinajstić information content (AvgIpc) is 3.15. The molecule has 0 saturated heterocycles. The van der Waals surface area contributed by atoms with E-state index in [0.717, 1.165) is 24.3 Å². The van der Waals surface area contributed by atoms with E-state index in [0.29, 0.717) is 0 Å². The normalized spacial score (nSPS) is 12.5. The molecular formula is C20H23FN4. The molecule has 0 spiro atoms. The van der Waals surface area contributed by atoms with Crippen molar-refractivity contribution in [2.75, 3.05) is 20.6 Å². The van der Waals surface area contributed by atoms with Gasteiger partial charge in [0.1, 0.15) is 5.82 Å². The average molecular weight is 338 g/mol. The molecule has 5 heteroatoms. The van der Waals surface area contributed by atoms with Gasteiger partial charge in [-0.05, 0) is 55.6 Å². The molecule has 0 aliphatic rings. The van der Waals surface area contributed by atoms with Crippen LogP contribution in [0.2, 0.25) is 0 Å². The zero-order valence-corrected chi connectivity index (χ0v) is 14.6. The van der Waals surface area contributed by atoms with Gasteiger partial charge in [0.15, 0.2) is 0 Å². The molecule has 4 nitrogen and oxygen atoms in total. The zero-order chi connectivity index (χ0) is 17.6. The Balaban J connectivity index is 1.58. The fraction of sp³-hybridized carbons (Fsp3) is 0.250. The molecule has 2 aromatic carbocycles. The lowest BCUT2D eigenvalue weighted by molar-refractivity contribution is 0.288. The number of hydrogen-bond donors (Lipinski definition) is 1. The molecular weight excluding hydrogens is 315 g/mol. The van der Waals surface area contributed by atoms with Crippen molar-refractivity contribution in [3.8, 4) is 5.69 Å². The molecule has 0 fully saturated rings. The van der Waals surface area contributed by atoms with Crippen LogP contribution in [0.3, 0.4) is 0 Å². The van der Waals surface area contributed by atoms with E-state index in [2.05, 4.69) is 39.6 Å². The molecule has 0 saturated carbocycles. The number of likely N-dealkylation sites (N-methyl/N-ethyl adjacent to an activating group) is 1. The summed E-state index contributed by atoms with van der Waals surface area (Å²) in [7, 11) is 4.07. The van der Waals surface area contributed by atoms with Gasteiger partial charge in [0, 0.05) is 31.5 Å². The Kier molecular flexibility index (Phi) is 5.58. The SMILES string of the molecule is CN(C)C(CNCc1ccc(-n2cccn2)cc1)c1ccc(F)cc1. The van der Waals surface area contributed by atoms with Gasteiger partial charge in [0.05, 0.1) is 5.69 Å². The second kappa shape index (κ2) is 8.05. The van der Waals surface area contributed by atoms with Crippen LogP contribution < -0.4 is 5.32 Å². The maximum absolute atomic E-state index is 13.1. The van der Waals surface area contributed by atoms with Crippen LogP contribution in [0.1, 0.15) is 17.2 Å². The van der Waals surface area contributed by atoms with Gasteiger partial charge in [-0.25, -0.2) is 9.07 Å². The second-order valence-corrected chi connectivity index (χ2v) is 6.28. The number of nitrogens with zero attached hydrogens (tertiary/aromatic N) is 3. The van der Waals surface area contributed by atoms with E-state index in [1.807, 2.05) is 43.2 Å². The smallest absolute Gasteiger partial charge is 0.123 e. The van der Waals surface area contributed by atoms with Gasteiger partial charge in [-0.2, -0.15) is 5.10 Å². The summed E-state index contributed by atoms with van der Waals surface area (Å²) in [5.74, 6) is -0.202. The molecule has 3 rings (SSSR count). The summed E-state index contributed by atoms with van der Waals surface area (Å²) in [6.07, 6.45) is 3.70. The number of halogens is 1. The lowest BCUT2D eigenvalue weighted by atomic mass is 10.1. The van der Waals surface area contributed by atoms with Crippen molar-refractivity contribution in [3.05, 3.63) is 83.9 Å². The molecule has 1 unspecified atom stereocenters. The maximum Gasteiger partial charge on any atom is 0.123 e. The molecule has 1 N–H and O–H groups in total. The first-order valence-corrected chi connectivity index (χ1v) is 8.35. The Morgan fingerprint density at radius 1 is 1.08 bits per heavy atom. The first-order valence-electron chi connectivity index (χ1n) is 8.35. The quantitative estimate of drug-likeness (QED) is 0.717. The summed E-state index contributed by atoms with van der Waals surface area (Å²) < 4.78 is 15.0. The Morgan fingerprint density at radius 2 is 1.80 bits per heavy atom. The summed E-state index contributed by atoms with van der Waals surface area (Å²) in [4.78, 5) is 2.14. The maximum atomic E-state index is 13.1. The van der Waals surface area contributed by atoms with Crippen molar-refractivity contribution in [2.24, 2.45) is 0 Å². The molecule has 130 valence electrons. The van der Waals surface area contributed by atoms with E-state index in [1.165, 1.54) is 17.7 Å². The summed E-state index contributed by atoms with van der Waals surface area (Å²) in [6.45, 7) is 1.57. The van der Waals surface area contributed by atoms with Crippen LogP contribution in [0.5, 0.6) is 0 Å². The van der Waals surface area contributed by atoms with Crippen molar-refractivity contribution in [3.63, 3.8) is 0 Å². The first kappa shape index (κ1) is 17.3. The molecule has 0 aliphatic heterocycles. The van der Waals surface area contributed by atoms with Gasteiger partial charge >= 0.3 is 0 Å². The van der Waals surface area contributed by atoms with Crippen molar-refractivity contribution in [1.29, 1.82) is 0 Å². The zero-order valence-electron chi connectivity index (χ0n) is 14.6. The van der Waals surface area contributed by atoms with Crippen LogP contribution >= 0.6 is 0 Å². The summed E-state index contributed by atoms with van der Waals surface area (Å²) >= 11 is 0. The Hall–Kier alpha value is -2.50. The molecule has 1 heterocycles. The van der Waals surface area contributed by atoms with Crippen molar-refractivity contribution in [2.45, 2.75) is 12.6 Å². The molecule has 25 heavy (non-hydrogen) atoms. The minimum absolute atomic E-state index is 0.198. The number of benzene rings is 2. The third-order valence-corrected chi connectivity index (χ3v) is 4.25. The van der Waals surface area contributed by atoms with Gasteiger partial charge < -0.3 is 10.2 Å². The first-order chi connectivity index (χ1) is 12.1. The molecule has 3 aromatic rings. The van der Waals surface area contributed by atoms with Gasteiger partial charge in [-0.15, -0.1) is 0 Å². The fourth-order valence-electron chi connectivity index (χ4n) is 2.82. The van der Waals surface area contributed by atoms with Crippen molar-refractivity contribution in [1.82, 2.24) is 20.0 Å². The topological polar surface area (TPSA) is 33.1 Å². The predicted molar refractivity (Wildman–Crippen MR) is 98.1 cm³/mol. The van der Waals surface area contributed by atoms with Crippen LogP contribution in [0.25, 0.3) is 5.69 Å². The summed E-state index contributed by atoms with van der Waals surface area (Å²) in [5, 5.41) is 7.72. The largest absolute Gasteiger partial charge is 0.311 e. The highest BCUT2D eigenvalue weighted by atomic mass is 19.1. The van der Waals surface area contributed by atoms with E-state index in [-0.39, 0.29) is 11.9 Å². The Labute approximate surface area is 147 Å². The predicted octanol–water partition coefficient (Wildman–Crippen LogP) is 3.40. The highest BCUT2D eigenvalue weighted by molar-refractivity contribution is 5.33. The second-order valence-electron chi connectivity index (χ2n) is 6.28. The molecule has 1 aromatic heterocycles. The van der Waals surface area contributed by atoms with Crippen LogP contribution in [-0.2, 0) is 6.54 Å². The van der Waals surface area contributed by atoms with E-state index < -0.39 is 0 Å². The minimum atomic E-state index is -0.202. The highest BCUT2D eigenvalue weighted by Gasteiger charge is 2.13. The monoisotopic (exact) mass is 338 g/mol. The van der Waals surface area contributed by atoms with E-state index in [4.69, 9.17) is 0 Å². The van der Waals surface area contributed by atoms with Crippen molar-refractivity contribution >= 4 is 0 Å². The van der Waals surface area contributed by atoms with Crippen LogP contribution in [0.15, 0.2) is 67.0 Å². The summed E-state index contributed by atoms with van der Waals surface area (Å²) in [5.41, 5.74) is 3.37. The Bertz CT molecular complexity index is 764. The molecule has 0 radical (unpaired) electrons. The third kappa shape index (κ3) is 4.53. The minimum Gasteiger partial charge on any atom is -0.311 e. The van der Waals surface area contributed by atoms with Crippen LogP contribution in [0, 0.1) is 5.82 Å². The number of aromatic nitrogens is 2. The summed E-state index contributed by atoms with van der Waals surface area (Å²) in [6, 6.07) is 17.2. The molecule has 0 aliphatic carbocycles. The number of nitrogens with one attached hydrogen (secondary N) is 1. The van der Waals surface area contributed by atoms with Crippen LogP contribution in [0.4, 0.5) is 4.39 Å². The molecule has 0 amide bonds. The van der Waals surface area contributed by atoms with E-state index in [1.54, 1.807) is 6.20 Å². The van der Waals surface area contributed by atoms with Crippen LogP contribution in [-0.4, -0.2) is 35.3 Å². The molecule has 1 atom stereocenters. The molecule has 0 bridgehead atoms. The number of hydrogen-bond acceptors (Lipinski definition) is 3. The third-order valence-electron chi connectivity index (χ3n) is 4.25. The van der Waals surface area contributed by atoms with Gasteiger partial charge in [0.2, 0.25) is 0 Å². The van der Waals surface area contributed by atoms with Crippen molar-refractivity contribution < 1.29 is 4.39 Å². The standard InChI is InChI=1S/C20H23FN4/c1-24(2)20(17-6-8-18(21)9-7-17)15-22-14-16-4-10-19(11-5-16)25-13-3-12-23-25/h3-13,20,22H,14-15H2,1-2H3. The lowest BCUT2D eigenvalue weighted by Crippen LogP contribution is -2.30. The van der Waals surface area contributed by atoms with Gasteiger partial charge in [-0.3, -0.25) is 0 Å². The van der Waals surface area contributed by atoms with Gasteiger partial charge in [0.25, 0.3) is 0 Å². The lowest BCUT2D eigenvalue weighted by Gasteiger charge is -2.25. The van der Waals surface area contributed by atoms with E-state index >= 15 is 0 Å². The highest BCUT2D eigenvalue weighted by Crippen LogP contribution is 2.18.